The molecule has 5 nitrogen and oxygen atoms in total. The molecule has 0 unspecified atom stereocenters. The molecule has 6 heteroatoms. The maximum atomic E-state index is 12.8. The first kappa shape index (κ1) is 18.4. The van der Waals surface area contributed by atoms with Crippen molar-refractivity contribution in [2.24, 2.45) is 0 Å². The molecule has 0 aliphatic carbocycles. The zero-order valence-electron chi connectivity index (χ0n) is 14.1. The summed E-state index contributed by atoms with van der Waals surface area (Å²) < 4.78 is 29.4. The Balaban J connectivity index is 1.79. The molecule has 24 heavy (non-hydrogen) atoms. The van der Waals surface area contributed by atoms with Gasteiger partial charge in [0.05, 0.1) is 19.3 Å². The van der Waals surface area contributed by atoms with E-state index in [1.165, 1.54) is 29.8 Å². The molecule has 1 aromatic carbocycles. The molecule has 0 aromatic heterocycles. The second kappa shape index (κ2) is 9.39. The molecule has 2 rings (SSSR count). The van der Waals surface area contributed by atoms with Crippen LogP contribution in [0.15, 0.2) is 35.9 Å². The minimum absolute atomic E-state index is 0.103. The van der Waals surface area contributed by atoms with Crippen LogP contribution in [0.1, 0.15) is 20.3 Å². The first-order valence-electron chi connectivity index (χ1n) is 8.05. The van der Waals surface area contributed by atoms with Gasteiger partial charge in [0.1, 0.15) is 17.7 Å². The smallest absolute Gasteiger partial charge is 0.258 e. The fourth-order valence-corrected chi connectivity index (χ4v) is 2.31. The predicted octanol–water partition coefficient (Wildman–Crippen LogP) is 2.46. The van der Waals surface area contributed by atoms with Crippen LogP contribution in [0, 0.1) is 5.82 Å². The number of benzene rings is 1. The van der Waals surface area contributed by atoms with E-state index in [2.05, 4.69) is 5.32 Å². The maximum Gasteiger partial charge on any atom is 0.258 e. The van der Waals surface area contributed by atoms with E-state index in [-0.39, 0.29) is 30.5 Å². The van der Waals surface area contributed by atoms with Gasteiger partial charge in [-0.15, -0.1) is 0 Å². The largest absolute Gasteiger partial charge is 0.484 e. The highest BCUT2D eigenvalue weighted by atomic mass is 19.1. The summed E-state index contributed by atoms with van der Waals surface area (Å²) in [5, 5.41) is 2.93. The first-order valence-corrected chi connectivity index (χ1v) is 8.05. The standard InChI is InChI=1S/C18H24FNO4/c1-13(2)7-10-23-17-11-22-9-8-16(17)20-18(21)12-24-15-5-3-14(19)4-6-15/h3-7,16-17H,8-12H2,1-2H3,(H,20,21)/t16-,17-/m1/s1. The van der Waals surface area contributed by atoms with Gasteiger partial charge in [-0.2, -0.15) is 0 Å². The van der Waals surface area contributed by atoms with E-state index in [9.17, 15) is 9.18 Å². The summed E-state index contributed by atoms with van der Waals surface area (Å²) in [6.45, 7) is 5.44. The minimum atomic E-state index is -0.342. The first-order chi connectivity index (χ1) is 11.5. The number of carbonyl (C=O) groups excluding carboxylic acids is 1. The number of hydrogen-bond donors (Lipinski definition) is 1. The molecular formula is C18H24FNO4. The maximum absolute atomic E-state index is 12.8. The predicted molar refractivity (Wildman–Crippen MR) is 88.4 cm³/mol. The van der Waals surface area contributed by atoms with Crippen LogP contribution < -0.4 is 10.1 Å². The van der Waals surface area contributed by atoms with Gasteiger partial charge in [-0.3, -0.25) is 4.79 Å². The van der Waals surface area contributed by atoms with E-state index >= 15 is 0 Å². The lowest BCUT2D eigenvalue weighted by atomic mass is 10.1. The van der Waals surface area contributed by atoms with Crippen LogP contribution >= 0.6 is 0 Å². The number of carbonyl (C=O) groups is 1. The van der Waals surface area contributed by atoms with Crippen LogP contribution in [0.3, 0.4) is 0 Å². The molecule has 132 valence electrons. The van der Waals surface area contributed by atoms with Crippen molar-refractivity contribution in [3.63, 3.8) is 0 Å². The zero-order chi connectivity index (χ0) is 17.4. The Morgan fingerprint density at radius 2 is 2.12 bits per heavy atom. The normalized spacial score (nSPS) is 20.3. The van der Waals surface area contributed by atoms with Crippen molar-refractivity contribution < 1.29 is 23.4 Å². The lowest BCUT2D eigenvalue weighted by Crippen LogP contribution is -2.51. The van der Waals surface area contributed by atoms with E-state index < -0.39 is 0 Å². The van der Waals surface area contributed by atoms with Gasteiger partial charge in [0.2, 0.25) is 0 Å². The van der Waals surface area contributed by atoms with Crippen molar-refractivity contribution >= 4 is 5.91 Å². The molecule has 2 atom stereocenters. The second-order valence-corrected chi connectivity index (χ2v) is 5.93. The van der Waals surface area contributed by atoms with Crippen molar-refractivity contribution in [3.8, 4) is 5.75 Å². The van der Waals surface area contributed by atoms with Crippen LogP contribution in [-0.4, -0.2) is 44.5 Å². The number of hydrogen-bond acceptors (Lipinski definition) is 4. The number of nitrogens with one attached hydrogen (secondary N) is 1. The highest BCUT2D eigenvalue weighted by molar-refractivity contribution is 5.77. The van der Waals surface area contributed by atoms with Crippen LogP contribution in [-0.2, 0) is 14.3 Å². The summed E-state index contributed by atoms with van der Waals surface area (Å²) in [5.41, 5.74) is 1.18. The minimum Gasteiger partial charge on any atom is -0.484 e. The second-order valence-electron chi connectivity index (χ2n) is 5.93. The van der Waals surface area contributed by atoms with Crippen molar-refractivity contribution in [1.29, 1.82) is 0 Å². The average molecular weight is 337 g/mol. The monoisotopic (exact) mass is 337 g/mol. The summed E-state index contributed by atoms with van der Waals surface area (Å²) in [7, 11) is 0. The van der Waals surface area contributed by atoms with Gasteiger partial charge in [0.25, 0.3) is 5.91 Å². The molecule has 1 fully saturated rings. The Morgan fingerprint density at radius 3 is 2.83 bits per heavy atom. The molecular weight excluding hydrogens is 313 g/mol. The highest BCUT2D eigenvalue weighted by Crippen LogP contribution is 2.13. The summed E-state index contributed by atoms with van der Waals surface area (Å²) in [6, 6.07) is 5.45. The Bertz CT molecular complexity index is 555. The quantitative estimate of drug-likeness (QED) is 0.777. The SMILES string of the molecule is CC(C)=CCO[C@@H]1COCC[C@H]1NC(=O)COc1ccc(F)cc1. The summed E-state index contributed by atoms with van der Waals surface area (Å²) in [5.74, 6) is -0.123. The van der Waals surface area contributed by atoms with E-state index in [4.69, 9.17) is 14.2 Å². The third kappa shape index (κ3) is 6.29. The molecule has 0 bridgehead atoms. The van der Waals surface area contributed by atoms with Gasteiger partial charge in [-0.1, -0.05) is 11.6 Å². The molecule has 1 N–H and O–H groups in total. The Labute approximate surface area is 141 Å². The zero-order valence-corrected chi connectivity index (χ0v) is 14.1. The van der Waals surface area contributed by atoms with Gasteiger partial charge in [0.15, 0.2) is 6.61 Å². The fourth-order valence-electron chi connectivity index (χ4n) is 2.31. The van der Waals surface area contributed by atoms with E-state index in [0.717, 1.165) is 0 Å². The summed E-state index contributed by atoms with van der Waals surface area (Å²) >= 11 is 0. The summed E-state index contributed by atoms with van der Waals surface area (Å²) in [6.07, 6.45) is 2.51. The van der Waals surface area contributed by atoms with Gasteiger partial charge in [-0.05, 0) is 44.5 Å². The molecule has 0 spiro atoms. The van der Waals surface area contributed by atoms with Crippen LogP contribution in [0.25, 0.3) is 0 Å². The van der Waals surface area contributed by atoms with Gasteiger partial charge in [-0.25, -0.2) is 4.39 Å². The van der Waals surface area contributed by atoms with E-state index in [1.807, 2.05) is 19.9 Å². The number of amides is 1. The van der Waals surface area contributed by atoms with Crippen molar-refractivity contribution in [2.75, 3.05) is 26.4 Å². The molecule has 1 aromatic rings. The van der Waals surface area contributed by atoms with Crippen LogP contribution in [0.2, 0.25) is 0 Å². The fraction of sp³-hybridized carbons (Fsp3) is 0.500. The molecule has 1 heterocycles. The molecule has 1 amide bonds. The van der Waals surface area contributed by atoms with E-state index in [1.54, 1.807) is 0 Å². The Kier molecular flexibility index (Phi) is 7.21. The number of allylic oxidation sites excluding steroid dienone is 1. The molecule has 0 saturated carbocycles. The van der Waals surface area contributed by atoms with Crippen molar-refractivity contribution in [2.45, 2.75) is 32.4 Å². The third-order valence-corrected chi connectivity index (χ3v) is 3.64. The molecule has 1 aliphatic rings. The van der Waals surface area contributed by atoms with Gasteiger partial charge < -0.3 is 19.5 Å². The number of halogens is 1. The highest BCUT2D eigenvalue weighted by Gasteiger charge is 2.27. The molecule has 0 radical (unpaired) electrons. The Morgan fingerprint density at radius 1 is 1.38 bits per heavy atom. The van der Waals surface area contributed by atoms with Crippen molar-refractivity contribution in [1.82, 2.24) is 5.32 Å². The van der Waals surface area contributed by atoms with Gasteiger partial charge in [0, 0.05) is 6.61 Å². The number of ether oxygens (including phenoxy) is 3. The summed E-state index contributed by atoms with van der Waals surface area (Å²) in [4.78, 5) is 12.1. The third-order valence-electron chi connectivity index (χ3n) is 3.64. The van der Waals surface area contributed by atoms with Crippen molar-refractivity contribution in [3.05, 3.63) is 41.7 Å². The lowest BCUT2D eigenvalue weighted by molar-refractivity contribution is -0.127. The van der Waals surface area contributed by atoms with E-state index in [0.29, 0.717) is 32.0 Å². The average Bonchev–Trinajstić information content (AvgIpc) is 2.55. The van der Waals surface area contributed by atoms with Gasteiger partial charge >= 0.3 is 0 Å². The topological polar surface area (TPSA) is 56.8 Å². The lowest BCUT2D eigenvalue weighted by Gasteiger charge is -2.31. The van der Waals surface area contributed by atoms with Crippen LogP contribution in [0.4, 0.5) is 4.39 Å². The molecule has 1 saturated heterocycles. The Hall–Kier alpha value is -1.92. The number of rotatable bonds is 7. The molecule has 1 aliphatic heterocycles. The van der Waals surface area contributed by atoms with Crippen LogP contribution in [0.5, 0.6) is 5.75 Å².